The molecule has 1 N–H and O–H groups in total. The number of esters is 1. The van der Waals surface area contributed by atoms with Crippen LogP contribution in [0.1, 0.15) is 142 Å². The Morgan fingerprint density at radius 3 is 1.59 bits per heavy atom. The summed E-state index contributed by atoms with van der Waals surface area (Å²) in [5.74, 6) is -0.281. The second-order valence-corrected chi connectivity index (χ2v) is 10.5. The second-order valence-electron chi connectivity index (χ2n) is 10.5. The number of carbonyl (C=O) groups excluding carboxylic acids is 1. The summed E-state index contributed by atoms with van der Waals surface area (Å²) in [4.78, 5) is 12.0. The molecular formula is C35H62O4. The van der Waals surface area contributed by atoms with Crippen LogP contribution in [-0.2, 0) is 14.3 Å². The van der Waals surface area contributed by atoms with Gasteiger partial charge in [-0.25, -0.2) is 0 Å². The number of aliphatic hydroxyl groups is 1. The molecule has 0 bridgehead atoms. The Hall–Kier alpha value is -1.65. The zero-order valence-electron chi connectivity index (χ0n) is 25.6. The minimum Gasteiger partial charge on any atom is -0.457 e. The summed E-state index contributed by atoms with van der Waals surface area (Å²) < 4.78 is 11.0. The summed E-state index contributed by atoms with van der Waals surface area (Å²) in [6, 6.07) is 0. The molecule has 0 aromatic heterocycles. The molecule has 0 heterocycles. The first-order valence-electron chi connectivity index (χ1n) is 16.2. The van der Waals surface area contributed by atoms with E-state index in [0.717, 1.165) is 32.1 Å². The lowest BCUT2D eigenvalue weighted by Gasteiger charge is -2.15. The van der Waals surface area contributed by atoms with Crippen molar-refractivity contribution in [3.8, 4) is 0 Å². The van der Waals surface area contributed by atoms with Gasteiger partial charge in [0.2, 0.25) is 0 Å². The maximum atomic E-state index is 12.0. The van der Waals surface area contributed by atoms with Crippen LogP contribution >= 0.6 is 0 Å². The summed E-state index contributed by atoms with van der Waals surface area (Å²) in [6.07, 6.45) is 40.1. The van der Waals surface area contributed by atoms with Gasteiger partial charge < -0.3 is 14.6 Å². The third-order valence-electron chi connectivity index (χ3n) is 6.68. The molecule has 1 unspecified atom stereocenters. The Labute approximate surface area is 242 Å². The van der Waals surface area contributed by atoms with Crippen molar-refractivity contribution in [1.29, 1.82) is 0 Å². The van der Waals surface area contributed by atoms with E-state index in [1.165, 1.54) is 83.5 Å². The molecule has 0 amide bonds. The highest BCUT2D eigenvalue weighted by molar-refractivity contribution is 5.69. The summed E-state index contributed by atoms with van der Waals surface area (Å²) in [6.45, 7) is 5.14. The number of rotatable bonds is 29. The van der Waals surface area contributed by atoms with Crippen LogP contribution in [0, 0.1) is 0 Å². The molecule has 39 heavy (non-hydrogen) atoms. The molecule has 0 aliphatic heterocycles. The van der Waals surface area contributed by atoms with E-state index in [-0.39, 0.29) is 19.2 Å². The van der Waals surface area contributed by atoms with Crippen LogP contribution in [0.15, 0.2) is 48.6 Å². The fraction of sp³-hybridized carbons (Fsp3) is 0.743. The number of allylic oxidation sites excluding steroid dienone is 8. The number of unbranched alkanes of at least 4 members (excludes halogenated alkanes) is 13. The summed E-state index contributed by atoms with van der Waals surface area (Å²) >= 11 is 0. The van der Waals surface area contributed by atoms with Crippen LogP contribution in [0.3, 0.4) is 0 Å². The molecule has 1 atom stereocenters. The van der Waals surface area contributed by atoms with Gasteiger partial charge in [0.1, 0.15) is 6.10 Å². The fourth-order valence-corrected chi connectivity index (χ4v) is 4.28. The van der Waals surface area contributed by atoms with Crippen molar-refractivity contribution in [2.24, 2.45) is 0 Å². The smallest absolute Gasteiger partial charge is 0.306 e. The van der Waals surface area contributed by atoms with E-state index in [9.17, 15) is 9.90 Å². The van der Waals surface area contributed by atoms with Crippen molar-refractivity contribution in [2.45, 2.75) is 148 Å². The number of hydrogen-bond donors (Lipinski definition) is 1. The van der Waals surface area contributed by atoms with Gasteiger partial charge in [-0.1, -0.05) is 146 Å². The normalized spacial score (nSPS) is 13.0. The molecule has 0 aromatic rings. The number of carbonyl (C=O) groups is 1. The third kappa shape index (κ3) is 30.7. The van der Waals surface area contributed by atoms with Crippen LogP contribution in [-0.4, -0.2) is 37.0 Å². The molecule has 0 spiro atoms. The van der Waals surface area contributed by atoms with Gasteiger partial charge >= 0.3 is 5.97 Å². The average molecular weight is 547 g/mol. The van der Waals surface area contributed by atoms with E-state index in [1.54, 1.807) is 0 Å². The van der Waals surface area contributed by atoms with Crippen molar-refractivity contribution in [1.82, 2.24) is 0 Å². The van der Waals surface area contributed by atoms with E-state index in [1.807, 2.05) is 6.08 Å². The predicted octanol–water partition coefficient (Wildman–Crippen LogP) is 9.97. The highest BCUT2D eigenvalue weighted by Gasteiger charge is 2.13. The fourth-order valence-electron chi connectivity index (χ4n) is 4.28. The molecule has 4 heteroatoms. The topological polar surface area (TPSA) is 55.8 Å². The highest BCUT2D eigenvalue weighted by Crippen LogP contribution is 2.13. The van der Waals surface area contributed by atoms with Crippen LogP contribution in [0.2, 0.25) is 0 Å². The SMILES string of the molecule is CC/C=C\C/C=C\C/C=C\C/C=C\CCC(=O)OC(CO)COCCCCCCCCCCCCCCCC. The van der Waals surface area contributed by atoms with Gasteiger partial charge in [0.25, 0.3) is 0 Å². The van der Waals surface area contributed by atoms with E-state index in [4.69, 9.17) is 9.47 Å². The van der Waals surface area contributed by atoms with Crippen molar-refractivity contribution in [3.63, 3.8) is 0 Å². The first-order chi connectivity index (χ1) is 19.2. The zero-order chi connectivity index (χ0) is 28.5. The Bertz CT molecular complexity index is 620. The summed E-state index contributed by atoms with van der Waals surface area (Å²) in [5.41, 5.74) is 0. The first kappa shape index (κ1) is 37.4. The molecule has 0 aliphatic rings. The van der Waals surface area contributed by atoms with E-state index < -0.39 is 6.10 Å². The highest BCUT2D eigenvalue weighted by atomic mass is 16.6. The van der Waals surface area contributed by atoms with Gasteiger partial charge in [0.05, 0.1) is 13.2 Å². The van der Waals surface area contributed by atoms with Gasteiger partial charge in [0, 0.05) is 13.0 Å². The molecular weight excluding hydrogens is 484 g/mol. The molecule has 0 rings (SSSR count). The molecule has 0 aromatic carbocycles. The molecule has 0 saturated heterocycles. The Kier molecular flexibility index (Phi) is 31.2. The Morgan fingerprint density at radius 2 is 1.10 bits per heavy atom. The van der Waals surface area contributed by atoms with Crippen LogP contribution in [0.25, 0.3) is 0 Å². The van der Waals surface area contributed by atoms with Gasteiger partial charge in [-0.15, -0.1) is 0 Å². The lowest BCUT2D eigenvalue weighted by molar-refractivity contribution is -0.154. The lowest BCUT2D eigenvalue weighted by atomic mass is 10.0. The first-order valence-corrected chi connectivity index (χ1v) is 16.2. The van der Waals surface area contributed by atoms with Crippen molar-refractivity contribution < 1.29 is 19.4 Å². The molecule has 0 saturated carbocycles. The van der Waals surface area contributed by atoms with E-state index >= 15 is 0 Å². The summed E-state index contributed by atoms with van der Waals surface area (Å²) in [5, 5.41) is 9.50. The number of aliphatic hydroxyl groups excluding tert-OH is 1. The van der Waals surface area contributed by atoms with Crippen molar-refractivity contribution in [2.75, 3.05) is 19.8 Å². The van der Waals surface area contributed by atoms with Gasteiger partial charge in [-0.3, -0.25) is 4.79 Å². The zero-order valence-corrected chi connectivity index (χ0v) is 25.6. The summed E-state index contributed by atoms with van der Waals surface area (Å²) in [7, 11) is 0. The standard InChI is InChI=1S/C35H62O4/c1-3-5-7-9-11-13-15-17-19-21-23-25-27-29-31-38-33-34(32-36)39-35(37)30-28-26-24-22-20-18-16-14-12-10-8-6-4-2/h6,8,12,14,18,20,24,26,34,36H,3-5,7,9-11,13,15-17,19,21-23,25,27-33H2,1-2H3/b8-6-,14-12-,20-18-,26-24-. The second kappa shape index (κ2) is 32.6. The Balaban J connectivity index is 3.56. The molecule has 4 nitrogen and oxygen atoms in total. The van der Waals surface area contributed by atoms with Gasteiger partial charge in [-0.2, -0.15) is 0 Å². The average Bonchev–Trinajstić information content (AvgIpc) is 2.94. The van der Waals surface area contributed by atoms with Crippen molar-refractivity contribution >= 4 is 5.97 Å². The molecule has 0 fully saturated rings. The number of hydrogen-bond acceptors (Lipinski definition) is 4. The maximum absolute atomic E-state index is 12.0. The number of ether oxygens (including phenoxy) is 2. The predicted molar refractivity (Wildman–Crippen MR) is 168 cm³/mol. The van der Waals surface area contributed by atoms with Gasteiger partial charge in [0.15, 0.2) is 0 Å². The van der Waals surface area contributed by atoms with Crippen molar-refractivity contribution in [3.05, 3.63) is 48.6 Å². The van der Waals surface area contributed by atoms with Crippen LogP contribution in [0.5, 0.6) is 0 Å². The quantitative estimate of drug-likeness (QED) is 0.0576. The van der Waals surface area contributed by atoms with E-state index in [2.05, 4.69) is 56.4 Å². The minimum absolute atomic E-state index is 0.200. The molecule has 0 aliphatic carbocycles. The maximum Gasteiger partial charge on any atom is 0.306 e. The minimum atomic E-state index is -0.568. The molecule has 226 valence electrons. The van der Waals surface area contributed by atoms with Gasteiger partial charge in [-0.05, 0) is 38.5 Å². The lowest BCUT2D eigenvalue weighted by Crippen LogP contribution is -2.27. The largest absolute Gasteiger partial charge is 0.457 e. The van der Waals surface area contributed by atoms with Crippen LogP contribution < -0.4 is 0 Å². The monoisotopic (exact) mass is 546 g/mol. The molecule has 0 radical (unpaired) electrons. The third-order valence-corrected chi connectivity index (χ3v) is 6.68. The Morgan fingerprint density at radius 1 is 0.641 bits per heavy atom. The van der Waals surface area contributed by atoms with Crippen LogP contribution in [0.4, 0.5) is 0 Å². The van der Waals surface area contributed by atoms with E-state index in [0.29, 0.717) is 19.4 Å².